The molecule has 4 rings (SSSR count). The number of fused-ring (bicyclic) bond motifs is 5. The molecule has 4 fully saturated rings. The monoisotopic (exact) mass is 797 g/mol. The lowest BCUT2D eigenvalue weighted by molar-refractivity contribution is -0.894. The number of nitrogens with zero attached hydrogens (tertiary/aromatic N) is 1. The number of unbranched alkanes of at least 4 members (excludes halogenated alkanes) is 1. The van der Waals surface area contributed by atoms with Gasteiger partial charge in [0.05, 0.1) is 39.5 Å². The number of aliphatic hydroxyl groups excluding tert-OH is 4. The molecular formula is C50H86NO6+. The van der Waals surface area contributed by atoms with Crippen molar-refractivity contribution in [3.05, 3.63) is 60.8 Å². The van der Waals surface area contributed by atoms with E-state index in [1.165, 1.54) is 12.8 Å². The van der Waals surface area contributed by atoms with Crippen LogP contribution < -0.4 is 0 Å². The van der Waals surface area contributed by atoms with E-state index < -0.39 is 12.6 Å². The standard InChI is InChI=1S/C50H86NO6/c1-8-9-10-11-12-13-14-15-16-17-18-19-20-21-22-23-24-25-46(55)57-33-32-51(5,6)37-39-34-43-47-42(49(3)30-28-41(52)35-40(49)36-44(47)53)29-31-50(43,4)48(39)38(2)26-27-45(54)56-7/h9-10,12-13,15-16,18-19,21-22,38-48,52-55H,8,11,14,17,20,23-37H2,1-7H3/q+1/b10-9-,13-12-,16-15-,19-18-,22-21-/t38-,39?,40+,41-,42+,43+,44+,45?,46?,47-,48+,49+,50+/m1/s1. The highest BCUT2D eigenvalue weighted by Gasteiger charge is 2.65. The Bertz CT molecular complexity index is 1310. The van der Waals surface area contributed by atoms with Crippen LogP contribution in [0.15, 0.2) is 60.8 Å². The fourth-order valence-electron chi connectivity index (χ4n) is 12.5. The van der Waals surface area contributed by atoms with Crippen molar-refractivity contribution in [1.82, 2.24) is 0 Å². The number of ether oxygens (including phenoxy) is 2. The molecule has 4 aliphatic rings. The van der Waals surface area contributed by atoms with Crippen LogP contribution in [0.25, 0.3) is 0 Å². The second kappa shape index (κ2) is 23.4. The Morgan fingerprint density at radius 2 is 1.35 bits per heavy atom. The van der Waals surface area contributed by atoms with E-state index in [0.29, 0.717) is 60.9 Å². The molecule has 13 atom stereocenters. The maximum atomic E-state index is 11.9. The number of rotatable bonds is 24. The number of aliphatic hydroxyl groups is 4. The average molecular weight is 797 g/mol. The topological polar surface area (TPSA) is 99.4 Å². The molecule has 0 aromatic carbocycles. The molecule has 57 heavy (non-hydrogen) atoms. The largest absolute Gasteiger partial charge is 0.393 e. The maximum absolute atomic E-state index is 11.9. The number of hydrogen-bond donors (Lipinski definition) is 4. The highest BCUT2D eigenvalue weighted by atomic mass is 16.6. The van der Waals surface area contributed by atoms with Crippen molar-refractivity contribution < 1.29 is 34.4 Å². The molecule has 326 valence electrons. The van der Waals surface area contributed by atoms with E-state index in [4.69, 9.17) is 9.47 Å². The highest BCUT2D eigenvalue weighted by Crippen LogP contribution is 2.69. The first-order valence-corrected chi connectivity index (χ1v) is 23.2. The molecule has 0 aliphatic heterocycles. The van der Waals surface area contributed by atoms with Crippen molar-refractivity contribution in [3.63, 3.8) is 0 Å². The van der Waals surface area contributed by atoms with Gasteiger partial charge in [0.15, 0.2) is 12.6 Å². The van der Waals surface area contributed by atoms with E-state index in [2.05, 4.69) is 103 Å². The first kappa shape index (κ1) is 48.1. The first-order valence-electron chi connectivity index (χ1n) is 23.2. The summed E-state index contributed by atoms with van der Waals surface area (Å²) < 4.78 is 12.1. The summed E-state index contributed by atoms with van der Waals surface area (Å²) in [5.41, 5.74) is 0.341. The van der Waals surface area contributed by atoms with Gasteiger partial charge >= 0.3 is 0 Å². The fraction of sp³-hybridized carbons (Fsp3) is 0.800. The number of hydrogen-bond acceptors (Lipinski definition) is 6. The Morgan fingerprint density at radius 3 is 1.98 bits per heavy atom. The van der Waals surface area contributed by atoms with Gasteiger partial charge in [0.1, 0.15) is 6.54 Å². The van der Waals surface area contributed by atoms with Gasteiger partial charge in [0, 0.05) is 13.0 Å². The van der Waals surface area contributed by atoms with Crippen molar-refractivity contribution in [2.45, 2.75) is 162 Å². The number of quaternary nitrogens is 1. The third kappa shape index (κ3) is 13.7. The van der Waals surface area contributed by atoms with Crippen molar-refractivity contribution in [2.24, 2.45) is 52.3 Å². The SMILES string of the molecule is CC/C=C\C/C=C\C/C=C\C/C=C\C/C=C\CCCC(O)OCC[N+](C)(C)CC1C[C@H]2[C@@H]3[C@@H](O)C[C@@H]4C[C@H](O)CC[C@]4(C)[C@H]3CC[C@]2(C)[C@H]1[C@H](C)CCC(O)OC. The Morgan fingerprint density at radius 1 is 0.737 bits per heavy atom. The molecule has 0 amide bonds. The van der Waals surface area contributed by atoms with Crippen LogP contribution in [0.2, 0.25) is 0 Å². The van der Waals surface area contributed by atoms with Crippen LogP contribution in [0.3, 0.4) is 0 Å². The van der Waals surface area contributed by atoms with E-state index >= 15 is 0 Å². The number of methoxy groups -OCH3 is 1. The zero-order valence-corrected chi connectivity index (χ0v) is 37.3. The molecule has 0 saturated heterocycles. The Balaban J connectivity index is 1.24. The quantitative estimate of drug-likeness (QED) is 0.0336. The molecule has 3 unspecified atom stereocenters. The zero-order valence-electron chi connectivity index (χ0n) is 37.3. The minimum absolute atomic E-state index is 0.138. The van der Waals surface area contributed by atoms with Crippen molar-refractivity contribution >= 4 is 0 Å². The van der Waals surface area contributed by atoms with Gasteiger partial charge in [-0.2, -0.15) is 0 Å². The van der Waals surface area contributed by atoms with Crippen LogP contribution >= 0.6 is 0 Å². The summed E-state index contributed by atoms with van der Waals surface area (Å²) in [4.78, 5) is 0. The van der Waals surface area contributed by atoms with Crippen LogP contribution in [-0.2, 0) is 9.47 Å². The molecule has 4 saturated carbocycles. The third-order valence-corrected chi connectivity index (χ3v) is 15.4. The van der Waals surface area contributed by atoms with Crippen LogP contribution in [0.5, 0.6) is 0 Å². The molecule has 0 aromatic rings. The third-order valence-electron chi connectivity index (χ3n) is 15.4. The molecule has 4 aliphatic carbocycles. The molecular weight excluding hydrogens is 711 g/mol. The number of allylic oxidation sites excluding steroid dienone is 10. The summed E-state index contributed by atoms with van der Waals surface area (Å²) in [7, 11) is 6.21. The zero-order chi connectivity index (χ0) is 41.5. The van der Waals surface area contributed by atoms with Crippen LogP contribution in [-0.4, -0.2) is 90.6 Å². The second-order valence-corrected chi connectivity index (χ2v) is 19.8. The molecule has 0 bridgehead atoms. The minimum atomic E-state index is -0.739. The van der Waals surface area contributed by atoms with Crippen LogP contribution in [0.1, 0.15) is 137 Å². The smallest absolute Gasteiger partial charge is 0.154 e. The summed E-state index contributed by atoms with van der Waals surface area (Å²) in [5.74, 6) is 3.14. The van der Waals surface area contributed by atoms with Gasteiger partial charge in [0.25, 0.3) is 0 Å². The summed E-state index contributed by atoms with van der Waals surface area (Å²) in [6.45, 7) is 12.0. The maximum Gasteiger partial charge on any atom is 0.154 e. The molecule has 0 spiro atoms. The summed E-state index contributed by atoms with van der Waals surface area (Å²) in [6.07, 6.45) is 36.4. The van der Waals surface area contributed by atoms with Gasteiger partial charge in [-0.25, -0.2) is 0 Å². The van der Waals surface area contributed by atoms with Gasteiger partial charge in [-0.15, -0.1) is 0 Å². The van der Waals surface area contributed by atoms with Crippen molar-refractivity contribution in [3.8, 4) is 0 Å². The lowest BCUT2D eigenvalue weighted by Crippen LogP contribution is -2.58. The molecule has 0 aromatic heterocycles. The lowest BCUT2D eigenvalue weighted by Gasteiger charge is -2.62. The Labute approximate surface area is 349 Å². The summed E-state index contributed by atoms with van der Waals surface area (Å²) >= 11 is 0. The normalized spacial score (nSPS) is 35.1. The van der Waals surface area contributed by atoms with Crippen molar-refractivity contribution in [1.29, 1.82) is 0 Å². The van der Waals surface area contributed by atoms with Gasteiger partial charge in [-0.3, -0.25) is 0 Å². The second-order valence-electron chi connectivity index (χ2n) is 19.8. The minimum Gasteiger partial charge on any atom is -0.393 e. The van der Waals surface area contributed by atoms with Crippen molar-refractivity contribution in [2.75, 3.05) is 40.9 Å². The predicted molar refractivity (Wildman–Crippen MR) is 235 cm³/mol. The lowest BCUT2D eigenvalue weighted by atomic mass is 9.43. The van der Waals surface area contributed by atoms with Crippen LogP contribution in [0.4, 0.5) is 0 Å². The molecule has 0 radical (unpaired) electrons. The Kier molecular flexibility index (Phi) is 19.8. The van der Waals surface area contributed by atoms with E-state index in [1.807, 2.05) is 0 Å². The molecule has 7 heteroatoms. The van der Waals surface area contributed by atoms with Gasteiger partial charge in [0.2, 0.25) is 0 Å². The van der Waals surface area contributed by atoms with E-state index in [0.717, 1.165) is 101 Å². The molecule has 0 heterocycles. The Hall–Kier alpha value is -1.58. The predicted octanol–water partition coefficient (Wildman–Crippen LogP) is 9.92. The van der Waals surface area contributed by atoms with Gasteiger partial charge in [-0.1, -0.05) is 88.5 Å². The van der Waals surface area contributed by atoms with Gasteiger partial charge < -0.3 is 34.4 Å². The van der Waals surface area contributed by atoms with E-state index in [1.54, 1.807) is 7.11 Å². The fourth-order valence-corrected chi connectivity index (χ4v) is 12.5. The number of likely N-dealkylation sites (N-methyl/N-ethyl adjacent to an activating group) is 1. The molecule has 7 nitrogen and oxygen atoms in total. The summed E-state index contributed by atoms with van der Waals surface area (Å²) in [6, 6.07) is 0. The summed E-state index contributed by atoms with van der Waals surface area (Å²) in [5, 5.41) is 43.5. The highest BCUT2D eigenvalue weighted by molar-refractivity contribution is 5.13. The van der Waals surface area contributed by atoms with E-state index in [9.17, 15) is 20.4 Å². The average Bonchev–Trinajstić information content (AvgIpc) is 3.46. The first-order chi connectivity index (χ1) is 27.3. The van der Waals surface area contributed by atoms with Crippen LogP contribution in [0, 0.1) is 52.3 Å². The van der Waals surface area contributed by atoms with Gasteiger partial charge in [-0.05, 0) is 155 Å². The van der Waals surface area contributed by atoms with E-state index in [-0.39, 0.29) is 23.0 Å². The molecule has 4 N–H and O–H groups in total.